The fourth-order valence-corrected chi connectivity index (χ4v) is 3.27. The van der Waals surface area contributed by atoms with Crippen molar-refractivity contribution in [3.8, 4) is 0 Å². The number of hydrogen-bond donors (Lipinski definition) is 1. The molecule has 6 nitrogen and oxygen atoms in total. The summed E-state index contributed by atoms with van der Waals surface area (Å²) in [6.07, 6.45) is 0.909. The van der Waals surface area contributed by atoms with E-state index in [4.69, 9.17) is 0 Å². The lowest BCUT2D eigenvalue weighted by Crippen LogP contribution is -2.32. The van der Waals surface area contributed by atoms with Crippen molar-refractivity contribution in [1.29, 1.82) is 0 Å². The van der Waals surface area contributed by atoms with E-state index < -0.39 is 21.9 Å². The van der Waals surface area contributed by atoms with E-state index in [1.165, 1.54) is 43.1 Å². The lowest BCUT2D eigenvalue weighted by molar-refractivity contribution is -0.116. The first-order chi connectivity index (χ1) is 9.90. The van der Waals surface area contributed by atoms with E-state index in [0.717, 1.165) is 12.2 Å². The van der Waals surface area contributed by atoms with Crippen molar-refractivity contribution in [2.75, 3.05) is 18.6 Å². The molecule has 0 bridgehead atoms. The molecule has 1 N–H and O–H groups in total. The Bertz CT molecular complexity index is 613. The molecule has 0 unspecified atom stereocenters. The summed E-state index contributed by atoms with van der Waals surface area (Å²) in [5.74, 6) is -0.372. The third kappa shape index (κ3) is 5.39. The predicted octanol–water partition coefficient (Wildman–Crippen LogP) is 1.42. The first kappa shape index (κ1) is 17.5. The molecule has 0 saturated heterocycles. The Kier molecular flexibility index (Phi) is 6.70. The zero-order chi connectivity index (χ0) is 15.9. The molecule has 0 spiro atoms. The Labute approximate surface area is 128 Å². The van der Waals surface area contributed by atoms with Crippen molar-refractivity contribution in [1.82, 2.24) is 4.72 Å². The Morgan fingerprint density at radius 2 is 2.05 bits per heavy atom. The highest BCUT2D eigenvalue weighted by molar-refractivity contribution is 8.00. The number of thioether (sulfide) groups is 1. The molecule has 8 heteroatoms. The van der Waals surface area contributed by atoms with Crippen LogP contribution >= 0.6 is 11.8 Å². The van der Waals surface area contributed by atoms with Gasteiger partial charge in [0.2, 0.25) is 5.91 Å². The molecule has 21 heavy (non-hydrogen) atoms. The van der Waals surface area contributed by atoms with Gasteiger partial charge in [0.05, 0.1) is 23.3 Å². The number of esters is 1. The average molecular weight is 331 g/mol. The van der Waals surface area contributed by atoms with E-state index in [-0.39, 0.29) is 16.2 Å². The van der Waals surface area contributed by atoms with E-state index >= 15 is 0 Å². The highest BCUT2D eigenvalue weighted by Crippen LogP contribution is 2.12. The minimum atomic E-state index is -3.98. The van der Waals surface area contributed by atoms with Crippen molar-refractivity contribution in [2.45, 2.75) is 18.2 Å². The Morgan fingerprint density at radius 1 is 1.33 bits per heavy atom. The molecule has 1 aromatic rings. The molecule has 1 amide bonds. The van der Waals surface area contributed by atoms with E-state index in [1.54, 1.807) is 0 Å². The summed E-state index contributed by atoms with van der Waals surface area (Å²) in [7, 11) is -2.78. The summed E-state index contributed by atoms with van der Waals surface area (Å²) in [5.41, 5.74) is 0.105. The Morgan fingerprint density at radius 3 is 2.67 bits per heavy atom. The molecule has 0 atom stereocenters. The summed E-state index contributed by atoms with van der Waals surface area (Å²) in [4.78, 5) is 22.8. The van der Waals surface area contributed by atoms with Crippen LogP contribution in [0.3, 0.4) is 0 Å². The number of nitrogens with one attached hydrogen (secondary N) is 1. The van der Waals surface area contributed by atoms with E-state index in [2.05, 4.69) is 4.74 Å². The first-order valence-corrected chi connectivity index (χ1v) is 8.86. The largest absolute Gasteiger partial charge is 0.465 e. The predicted molar refractivity (Wildman–Crippen MR) is 80.7 cm³/mol. The van der Waals surface area contributed by atoms with Crippen LogP contribution in [0.15, 0.2) is 29.2 Å². The van der Waals surface area contributed by atoms with Crippen molar-refractivity contribution in [3.05, 3.63) is 29.8 Å². The zero-order valence-electron chi connectivity index (χ0n) is 11.8. The van der Waals surface area contributed by atoms with Gasteiger partial charge < -0.3 is 4.74 Å². The number of benzene rings is 1. The quantitative estimate of drug-likeness (QED) is 0.600. The second-order valence-corrected chi connectivity index (χ2v) is 6.89. The van der Waals surface area contributed by atoms with Gasteiger partial charge in [-0.3, -0.25) is 4.79 Å². The smallest absolute Gasteiger partial charge is 0.337 e. The first-order valence-electron chi connectivity index (χ1n) is 6.22. The number of sulfonamides is 1. The van der Waals surface area contributed by atoms with Crippen LogP contribution in [0, 0.1) is 0 Å². The lowest BCUT2D eigenvalue weighted by atomic mass is 10.2. The van der Waals surface area contributed by atoms with Gasteiger partial charge in [0, 0.05) is 0 Å². The van der Waals surface area contributed by atoms with Crippen molar-refractivity contribution in [2.24, 2.45) is 0 Å². The monoisotopic (exact) mass is 331 g/mol. The molecular weight excluding hydrogens is 314 g/mol. The maximum absolute atomic E-state index is 12.0. The SMILES string of the molecule is CCCSCC(=O)NS(=O)(=O)c1cccc(C(=O)OC)c1. The number of rotatable bonds is 7. The van der Waals surface area contributed by atoms with Gasteiger partial charge in [-0.1, -0.05) is 13.0 Å². The number of ether oxygens (including phenoxy) is 1. The summed E-state index contributed by atoms with van der Waals surface area (Å²) in [5, 5.41) is 0. The number of amides is 1. The second-order valence-electron chi connectivity index (χ2n) is 4.10. The maximum Gasteiger partial charge on any atom is 0.337 e. The Hall–Kier alpha value is -1.54. The van der Waals surface area contributed by atoms with E-state index in [1.807, 2.05) is 11.6 Å². The highest BCUT2D eigenvalue weighted by atomic mass is 32.2. The van der Waals surface area contributed by atoms with Crippen LogP contribution in [0.5, 0.6) is 0 Å². The molecule has 0 saturated carbocycles. The normalized spacial score (nSPS) is 11.0. The summed E-state index contributed by atoms with van der Waals surface area (Å²) < 4.78 is 30.6. The molecule has 0 fully saturated rings. The number of methoxy groups -OCH3 is 1. The molecule has 0 aliphatic carbocycles. The molecule has 0 heterocycles. The van der Waals surface area contributed by atoms with E-state index in [9.17, 15) is 18.0 Å². The molecule has 1 aromatic carbocycles. The van der Waals surface area contributed by atoms with Gasteiger partial charge in [0.15, 0.2) is 0 Å². The second kappa shape index (κ2) is 8.04. The summed E-state index contributed by atoms with van der Waals surface area (Å²) in [6, 6.07) is 5.32. The number of carbonyl (C=O) groups excluding carboxylic acids is 2. The topological polar surface area (TPSA) is 89.5 Å². The number of hydrogen-bond acceptors (Lipinski definition) is 6. The van der Waals surface area contributed by atoms with Crippen LogP contribution in [0.25, 0.3) is 0 Å². The van der Waals surface area contributed by atoms with Crippen molar-refractivity contribution in [3.63, 3.8) is 0 Å². The van der Waals surface area contributed by atoms with Gasteiger partial charge in [-0.2, -0.15) is 11.8 Å². The standard InChI is InChI=1S/C13H17NO5S2/c1-3-7-20-9-12(15)14-21(17,18)11-6-4-5-10(8-11)13(16)19-2/h4-6,8H,3,7,9H2,1-2H3,(H,14,15). The lowest BCUT2D eigenvalue weighted by Gasteiger charge is -2.07. The zero-order valence-corrected chi connectivity index (χ0v) is 13.4. The van der Waals surface area contributed by atoms with Crippen LogP contribution in [0.2, 0.25) is 0 Å². The van der Waals surface area contributed by atoms with Crippen LogP contribution in [0.1, 0.15) is 23.7 Å². The fourth-order valence-electron chi connectivity index (χ4n) is 1.46. The molecule has 0 aromatic heterocycles. The third-order valence-corrected chi connectivity index (χ3v) is 4.93. The van der Waals surface area contributed by atoms with Crippen LogP contribution in [-0.4, -0.2) is 38.9 Å². The van der Waals surface area contributed by atoms with Gasteiger partial charge in [0.1, 0.15) is 0 Å². The molecule has 1 rings (SSSR count). The van der Waals surface area contributed by atoms with Crippen molar-refractivity contribution < 1.29 is 22.7 Å². The Balaban J connectivity index is 2.83. The molecule has 116 valence electrons. The van der Waals surface area contributed by atoms with Crippen molar-refractivity contribution >= 4 is 33.7 Å². The molecular formula is C13H17NO5S2. The van der Waals surface area contributed by atoms with Gasteiger partial charge in [-0.25, -0.2) is 17.9 Å². The fraction of sp³-hybridized carbons (Fsp3) is 0.385. The van der Waals surface area contributed by atoms with E-state index in [0.29, 0.717) is 0 Å². The van der Waals surface area contributed by atoms with Gasteiger partial charge in [0.25, 0.3) is 10.0 Å². The summed E-state index contributed by atoms with van der Waals surface area (Å²) >= 11 is 1.36. The van der Waals surface area contributed by atoms with Crippen LogP contribution in [-0.2, 0) is 19.6 Å². The van der Waals surface area contributed by atoms with Gasteiger partial charge in [-0.15, -0.1) is 0 Å². The van der Waals surface area contributed by atoms with Gasteiger partial charge in [-0.05, 0) is 30.4 Å². The highest BCUT2D eigenvalue weighted by Gasteiger charge is 2.19. The minimum Gasteiger partial charge on any atom is -0.465 e. The molecule has 0 aliphatic heterocycles. The summed E-state index contributed by atoms with van der Waals surface area (Å²) in [6.45, 7) is 1.97. The number of carbonyl (C=O) groups is 2. The molecule has 0 aliphatic rings. The van der Waals surface area contributed by atoms with Gasteiger partial charge >= 0.3 is 5.97 Å². The van der Waals surface area contributed by atoms with Crippen LogP contribution < -0.4 is 4.72 Å². The minimum absolute atomic E-state index is 0.0732. The average Bonchev–Trinajstić information content (AvgIpc) is 2.46. The van der Waals surface area contributed by atoms with Crippen LogP contribution in [0.4, 0.5) is 0 Å². The third-order valence-electron chi connectivity index (χ3n) is 2.40. The maximum atomic E-state index is 12.0. The molecule has 0 radical (unpaired) electrons.